The van der Waals surface area contributed by atoms with E-state index in [2.05, 4.69) is 13.8 Å². The summed E-state index contributed by atoms with van der Waals surface area (Å²) in [6.45, 7) is 4.36. The zero-order chi connectivity index (χ0) is 14.6. The van der Waals surface area contributed by atoms with E-state index in [1.165, 1.54) is 0 Å². The summed E-state index contributed by atoms with van der Waals surface area (Å²) in [5.41, 5.74) is 1.70. The summed E-state index contributed by atoms with van der Waals surface area (Å²) in [6, 6.07) is 5.27. The van der Waals surface area contributed by atoms with E-state index in [1.807, 2.05) is 6.07 Å². The number of hydrogen-bond donors (Lipinski definition) is 1. The van der Waals surface area contributed by atoms with Crippen molar-refractivity contribution >= 4 is 5.78 Å². The van der Waals surface area contributed by atoms with Gasteiger partial charge in [0, 0.05) is 11.0 Å². The van der Waals surface area contributed by atoms with Crippen LogP contribution in [-0.4, -0.2) is 10.9 Å². The molecular weight excluding hydrogens is 248 g/mol. The van der Waals surface area contributed by atoms with E-state index in [-0.39, 0.29) is 16.9 Å². The summed E-state index contributed by atoms with van der Waals surface area (Å²) < 4.78 is 0. The smallest absolute Gasteiger partial charge is 0.169 e. The van der Waals surface area contributed by atoms with Gasteiger partial charge in [0.25, 0.3) is 0 Å². The van der Waals surface area contributed by atoms with E-state index in [4.69, 9.17) is 0 Å². The maximum absolute atomic E-state index is 13.0. The molecule has 0 radical (unpaired) electrons. The van der Waals surface area contributed by atoms with E-state index in [9.17, 15) is 9.90 Å². The molecule has 0 bridgehead atoms. The van der Waals surface area contributed by atoms with Gasteiger partial charge < -0.3 is 5.11 Å². The summed E-state index contributed by atoms with van der Waals surface area (Å²) >= 11 is 0. The molecule has 2 heteroatoms. The van der Waals surface area contributed by atoms with Gasteiger partial charge in [-0.25, -0.2) is 0 Å². The highest BCUT2D eigenvalue weighted by Gasteiger charge is 2.41. The van der Waals surface area contributed by atoms with Crippen LogP contribution in [0.15, 0.2) is 18.2 Å². The Balaban J connectivity index is 2.31. The van der Waals surface area contributed by atoms with E-state index < -0.39 is 0 Å². The van der Waals surface area contributed by atoms with Crippen molar-refractivity contribution in [3.63, 3.8) is 0 Å². The molecular formula is C18H26O2. The lowest BCUT2D eigenvalue weighted by Crippen LogP contribution is -2.36. The third-order valence-corrected chi connectivity index (χ3v) is 4.71. The summed E-state index contributed by atoms with van der Waals surface area (Å²) in [5, 5.41) is 9.68. The molecule has 0 saturated carbocycles. The molecule has 2 nitrogen and oxygen atoms in total. The average Bonchev–Trinajstić information content (AvgIpc) is 2.46. The number of carbonyl (C=O) groups excluding carboxylic acids is 1. The second-order valence-electron chi connectivity index (χ2n) is 6.16. The lowest BCUT2D eigenvalue weighted by Gasteiger charge is -2.37. The molecule has 1 aromatic rings. The molecule has 0 aromatic heterocycles. The molecule has 0 fully saturated rings. The molecule has 0 amide bonds. The van der Waals surface area contributed by atoms with Gasteiger partial charge in [0.15, 0.2) is 5.78 Å². The monoisotopic (exact) mass is 274 g/mol. The molecule has 1 aromatic carbocycles. The molecule has 0 aliphatic heterocycles. The predicted molar refractivity (Wildman–Crippen MR) is 82.2 cm³/mol. The third kappa shape index (κ3) is 2.89. The van der Waals surface area contributed by atoms with Crippen LogP contribution in [0, 0.1) is 5.41 Å². The molecule has 0 heterocycles. The van der Waals surface area contributed by atoms with Crippen LogP contribution in [0.5, 0.6) is 5.75 Å². The van der Waals surface area contributed by atoms with Gasteiger partial charge in [0.05, 0.1) is 0 Å². The van der Waals surface area contributed by atoms with Crippen LogP contribution in [0.1, 0.15) is 74.7 Å². The van der Waals surface area contributed by atoms with Crippen molar-refractivity contribution in [2.75, 3.05) is 0 Å². The number of phenolic OH excluding ortho intramolecular Hbond substituents is 1. The largest absolute Gasteiger partial charge is 0.508 e. The van der Waals surface area contributed by atoms with E-state index in [0.717, 1.165) is 62.5 Å². The van der Waals surface area contributed by atoms with Crippen molar-refractivity contribution in [3.05, 3.63) is 29.3 Å². The second-order valence-corrected chi connectivity index (χ2v) is 6.16. The molecule has 110 valence electrons. The quantitative estimate of drug-likeness (QED) is 0.802. The number of benzene rings is 1. The molecule has 1 aliphatic rings. The van der Waals surface area contributed by atoms with Gasteiger partial charge in [-0.1, -0.05) is 45.6 Å². The Hall–Kier alpha value is -1.31. The van der Waals surface area contributed by atoms with Crippen LogP contribution in [0.3, 0.4) is 0 Å². The maximum atomic E-state index is 13.0. The summed E-state index contributed by atoms with van der Waals surface area (Å²) in [6.07, 6.45) is 8.43. The first kappa shape index (κ1) is 15.1. The third-order valence-electron chi connectivity index (χ3n) is 4.71. The Kier molecular flexibility index (Phi) is 4.85. The van der Waals surface area contributed by atoms with Crippen molar-refractivity contribution in [1.29, 1.82) is 0 Å². The number of phenols is 1. The lowest BCUT2D eigenvalue weighted by atomic mass is 9.65. The Morgan fingerprint density at radius 1 is 1.15 bits per heavy atom. The van der Waals surface area contributed by atoms with Crippen LogP contribution >= 0.6 is 0 Å². The lowest BCUT2D eigenvalue weighted by molar-refractivity contribution is 0.0707. The van der Waals surface area contributed by atoms with Gasteiger partial charge in [-0.3, -0.25) is 4.79 Å². The molecule has 1 aliphatic carbocycles. The van der Waals surface area contributed by atoms with Gasteiger partial charge in [-0.2, -0.15) is 0 Å². The van der Waals surface area contributed by atoms with Crippen LogP contribution < -0.4 is 0 Å². The molecule has 0 saturated heterocycles. The number of unbranched alkanes of at least 4 members (excludes halogenated alkanes) is 2. The number of aryl methyl sites for hydroxylation is 1. The van der Waals surface area contributed by atoms with Gasteiger partial charge in [-0.15, -0.1) is 0 Å². The van der Waals surface area contributed by atoms with Gasteiger partial charge in [-0.05, 0) is 43.4 Å². The second kappa shape index (κ2) is 6.43. The standard InChI is InChI=1S/C18H26O2/c1-3-5-10-18(11-6-4-2)12-9-14-7-8-15(19)13-16(14)17(18)20/h7-8,13,19H,3-6,9-12H2,1-2H3. The number of fused-ring (bicyclic) bond motifs is 1. The number of rotatable bonds is 6. The minimum atomic E-state index is -0.174. The van der Waals surface area contributed by atoms with Crippen molar-refractivity contribution in [1.82, 2.24) is 0 Å². The van der Waals surface area contributed by atoms with Crippen molar-refractivity contribution in [2.24, 2.45) is 5.41 Å². The topological polar surface area (TPSA) is 37.3 Å². The highest BCUT2D eigenvalue weighted by atomic mass is 16.3. The predicted octanol–water partition coefficient (Wildman–Crippen LogP) is 4.89. The first-order valence-corrected chi connectivity index (χ1v) is 7.99. The van der Waals surface area contributed by atoms with E-state index in [1.54, 1.807) is 12.1 Å². The molecule has 1 N–H and O–H groups in total. The van der Waals surface area contributed by atoms with Gasteiger partial charge in [0.2, 0.25) is 0 Å². The number of ketones is 1. The van der Waals surface area contributed by atoms with Crippen LogP contribution in [-0.2, 0) is 6.42 Å². The fourth-order valence-electron chi connectivity index (χ4n) is 3.40. The van der Waals surface area contributed by atoms with Crippen LogP contribution in [0.4, 0.5) is 0 Å². The molecule has 20 heavy (non-hydrogen) atoms. The Morgan fingerprint density at radius 2 is 1.80 bits per heavy atom. The SMILES string of the molecule is CCCCC1(CCCC)CCc2ccc(O)cc2C1=O. The van der Waals surface area contributed by atoms with Crippen molar-refractivity contribution in [3.8, 4) is 5.75 Å². The first-order chi connectivity index (χ1) is 9.63. The minimum absolute atomic E-state index is 0.174. The number of Topliss-reactive ketones (excluding diaryl/α,β-unsaturated/α-hetero) is 1. The van der Waals surface area contributed by atoms with Crippen molar-refractivity contribution in [2.45, 2.75) is 65.2 Å². The fourth-order valence-corrected chi connectivity index (χ4v) is 3.40. The average molecular weight is 274 g/mol. The van der Waals surface area contributed by atoms with Crippen LogP contribution in [0.25, 0.3) is 0 Å². The normalized spacial score (nSPS) is 17.0. The Bertz CT molecular complexity index is 468. The first-order valence-electron chi connectivity index (χ1n) is 7.99. The summed E-state index contributed by atoms with van der Waals surface area (Å²) in [5.74, 6) is 0.482. The number of aromatic hydroxyl groups is 1. The summed E-state index contributed by atoms with van der Waals surface area (Å²) in [4.78, 5) is 13.0. The van der Waals surface area contributed by atoms with E-state index >= 15 is 0 Å². The van der Waals surface area contributed by atoms with Gasteiger partial charge >= 0.3 is 0 Å². The van der Waals surface area contributed by atoms with E-state index in [0.29, 0.717) is 0 Å². The fraction of sp³-hybridized carbons (Fsp3) is 0.611. The van der Waals surface area contributed by atoms with Crippen molar-refractivity contribution < 1.29 is 9.90 Å². The minimum Gasteiger partial charge on any atom is -0.508 e. The highest BCUT2D eigenvalue weighted by Crippen LogP contribution is 2.44. The van der Waals surface area contributed by atoms with Crippen LogP contribution in [0.2, 0.25) is 0 Å². The highest BCUT2D eigenvalue weighted by molar-refractivity contribution is 6.03. The van der Waals surface area contributed by atoms with Gasteiger partial charge in [0.1, 0.15) is 5.75 Å². The Morgan fingerprint density at radius 3 is 2.40 bits per heavy atom. The molecule has 0 atom stereocenters. The zero-order valence-corrected chi connectivity index (χ0v) is 12.7. The summed E-state index contributed by atoms with van der Waals surface area (Å²) in [7, 11) is 0. The Labute approximate surface area is 122 Å². The molecule has 2 rings (SSSR count). The number of hydrogen-bond acceptors (Lipinski definition) is 2. The molecule has 0 spiro atoms. The maximum Gasteiger partial charge on any atom is 0.169 e. The zero-order valence-electron chi connectivity index (χ0n) is 12.7. The molecule has 0 unspecified atom stereocenters. The number of carbonyl (C=O) groups is 1.